The Morgan fingerprint density at radius 2 is 2.20 bits per heavy atom. The maximum absolute atomic E-state index is 9.71. The van der Waals surface area contributed by atoms with E-state index in [4.69, 9.17) is 5.73 Å². The Morgan fingerprint density at radius 3 is 2.50 bits per heavy atom. The van der Waals surface area contributed by atoms with Crippen molar-refractivity contribution < 1.29 is 5.11 Å². The highest BCUT2D eigenvalue weighted by atomic mass is 16.3. The molecule has 1 fully saturated rings. The van der Waals surface area contributed by atoms with Gasteiger partial charge in [0.25, 0.3) is 0 Å². The highest BCUT2D eigenvalue weighted by molar-refractivity contribution is 4.86. The standard InChI is InChI=1S/C8H17NO/c1-2-8(10,6-9)5-7-3-4-7/h7,10H,2-6,9H2,1H3. The van der Waals surface area contributed by atoms with Crippen molar-refractivity contribution in [3.63, 3.8) is 0 Å². The van der Waals surface area contributed by atoms with Crippen molar-refractivity contribution in [1.82, 2.24) is 0 Å². The normalized spacial score (nSPS) is 24.3. The second-order valence-electron chi connectivity index (χ2n) is 3.43. The lowest BCUT2D eigenvalue weighted by Crippen LogP contribution is -2.37. The van der Waals surface area contributed by atoms with Gasteiger partial charge in [0.15, 0.2) is 0 Å². The van der Waals surface area contributed by atoms with Gasteiger partial charge >= 0.3 is 0 Å². The Kier molecular flexibility index (Phi) is 2.32. The third-order valence-corrected chi connectivity index (χ3v) is 2.40. The van der Waals surface area contributed by atoms with Gasteiger partial charge in [-0.15, -0.1) is 0 Å². The average Bonchev–Trinajstić information content (AvgIpc) is 2.72. The second-order valence-corrected chi connectivity index (χ2v) is 3.43. The van der Waals surface area contributed by atoms with Crippen molar-refractivity contribution >= 4 is 0 Å². The summed E-state index contributed by atoms with van der Waals surface area (Å²) in [6.07, 6.45) is 4.30. The van der Waals surface area contributed by atoms with E-state index in [1.807, 2.05) is 6.92 Å². The van der Waals surface area contributed by atoms with E-state index in [0.717, 1.165) is 18.8 Å². The van der Waals surface area contributed by atoms with E-state index in [9.17, 15) is 5.11 Å². The first-order valence-electron chi connectivity index (χ1n) is 4.12. The smallest absolute Gasteiger partial charge is 0.0769 e. The topological polar surface area (TPSA) is 46.2 Å². The summed E-state index contributed by atoms with van der Waals surface area (Å²) < 4.78 is 0. The van der Waals surface area contributed by atoms with Crippen LogP contribution in [0.5, 0.6) is 0 Å². The summed E-state index contributed by atoms with van der Waals surface area (Å²) in [5, 5.41) is 9.71. The van der Waals surface area contributed by atoms with Crippen molar-refractivity contribution in [3.8, 4) is 0 Å². The molecule has 1 saturated carbocycles. The van der Waals surface area contributed by atoms with Crippen LogP contribution in [-0.2, 0) is 0 Å². The number of nitrogens with two attached hydrogens (primary N) is 1. The van der Waals surface area contributed by atoms with Crippen LogP contribution in [0.25, 0.3) is 0 Å². The molecule has 1 rings (SSSR count). The number of hydrogen-bond donors (Lipinski definition) is 2. The minimum Gasteiger partial charge on any atom is -0.389 e. The van der Waals surface area contributed by atoms with E-state index >= 15 is 0 Å². The van der Waals surface area contributed by atoms with E-state index in [-0.39, 0.29) is 0 Å². The molecule has 0 aromatic rings. The van der Waals surface area contributed by atoms with Gasteiger partial charge in [-0.05, 0) is 18.8 Å². The SMILES string of the molecule is CCC(O)(CN)CC1CC1. The predicted octanol–water partition coefficient (Wildman–Crippen LogP) is 0.886. The molecule has 2 nitrogen and oxygen atoms in total. The maximum Gasteiger partial charge on any atom is 0.0769 e. The lowest BCUT2D eigenvalue weighted by Gasteiger charge is -2.24. The quantitative estimate of drug-likeness (QED) is 0.614. The van der Waals surface area contributed by atoms with Gasteiger partial charge in [-0.1, -0.05) is 19.8 Å². The zero-order valence-electron chi connectivity index (χ0n) is 6.64. The number of aliphatic hydroxyl groups is 1. The van der Waals surface area contributed by atoms with Crippen LogP contribution in [0.4, 0.5) is 0 Å². The van der Waals surface area contributed by atoms with Crippen molar-refractivity contribution in [2.24, 2.45) is 11.7 Å². The third-order valence-electron chi connectivity index (χ3n) is 2.40. The van der Waals surface area contributed by atoms with Crippen LogP contribution < -0.4 is 5.73 Å². The molecule has 0 heterocycles. The molecule has 0 aliphatic heterocycles. The van der Waals surface area contributed by atoms with Crippen LogP contribution in [0.2, 0.25) is 0 Å². The van der Waals surface area contributed by atoms with E-state index in [2.05, 4.69) is 0 Å². The first kappa shape index (κ1) is 8.02. The Hall–Kier alpha value is -0.0800. The van der Waals surface area contributed by atoms with E-state index in [1.54, 1.807) is 0 Å². The van der Waals surface area contributed by atoms with E-state index < -0.39 is 5.60 Å². The third kappa shape index (κ3) is 1.96. The summed E-state index contributed by atoms with van der Waals surface area (Å²) in [7, 11) is 0. The van der Waals surface area contributed by atoms with Crippen LogP contribution >= 0.6 is 0 Å². The summed E-state index contributed by atoms with van der Waals surface area (Å²) in [5.41, 5.74) is 4.89. The zero-order chi connectivity index (χ0) is 7.61. The van der Waals surface area contributed by atoms with Gasteiger partial charge in [-0.2, -0.15) is 0 Å². The van der Waals surface area contributed by atoms with Gasteiger partial charge in [0, 0.05) is 6.54 Å². The van der Waals surface area contributed by atoms with Crippen LogP contribution in [0.15, 0.2) is 0 Å². The summed E-state index contributed by atoms with van der Waals surface area (Å²) in [6, 6.07) is 0. The van der Waals surface area contributed by atoms with Crippen molar-refractivity contribution in [3.05, 3.63) is 0 Å². The minimum atomic E-state index is -0.554. The molecule has 60 valence electrons. The Balaban J connectivity index is 2.29. The molecule has 1 atom stereocenters. The Morgan fingerprint density at radius 1 is 1.60 bits per heavy atom. The fraction of sp³-hybridized carbons (Fsp3) is 1.00. The van der Waals surface area contributed by atoms with E-state index in [0.29, 0.717) is 6.54 Å². The van der Waals surface area contributed by atoms with E-state index in [1.165, 1.54) is 12.8 Å². The van der Waals surface area contributed by atoms with Gasteiger partial charge in [0.05, 0.1) is 5.60 Å². The fourth-order valence-corrected chi connectivity index (χ4v) is 1.23. The largest absolute Gasteiger partial charge is 0.389 e. The molecule has 1 aliphatic carbocycles. The lowest BCUT2D eigenvalue weighted by molar-refractivity contribution is 0.0309. The fourth-order valence-electron chi connectivity index (χ4n) is 1.23. The molecule has 2 heteroatoms. The zero-order valence-corrected chi connectivity index (χ0v) is 6.64. The molecule has 1 unspecified atom stereocenters. The maximum atomic E-state index is 9.71. The van der Waals surface area contributed by atoms with Gasteiger partial charge in [-0.25, -0.2) is 0 Å². The minimum absolute atomic E-state index is 0.417. The molecule has 3 N–H and O–H groups in total. The predicted molar refractivity (Wildman–Crippen MR) is 41.6 cm³/mol. The Bertz CT molecular complexity index is 106. The summed E-state index contributed by atoms with van der Waals surface area (Å²) in [6.45, 7) is 2.41. The molecule has 1 aliphatic rings. The summed E-state index contributed by atoms with van der Waals surface area (Å²) >= 11 is 0. The second kappa shape index (κ2) is 2.89. The van der Waals surface area contributed by atoms with Crippen LogP contribution in [0, 0.1) is 5.92 Å². The van der Waals surface area contributed by atoms with Crippen LogP contribution in [-0.4, -0.2) is 17.3 Å². The van der Waals surface area contributed by atoms with Gasteiger partial charge in [0.1, 0.15) is 0 Å². The van der Waals surface area contributed by atoms with Gasteiger partial charge < -0.3 is 10.8 Å². The van der Waals surface area contributed by atoms with Crippen molar-refractivity contribution in [2.45, 2.75) is 38.2 Å². The summed E-state index contributed by atoms with van der Waals surface area (Å²) in [5.74, 6) is 0.772. The molecule has 10 heavy (non-hydrogen) atoms. The molecular formula is C8H17NO. The van der Waals surface area contributed by atoms with Gasteiger partial charge in [-0.3, -0.25) is 0 Å². The highest BCUT2D eigenvalue weighted by Gasteiger charge is 2.32. The highest BCUT2D eigenvalue weighted by Crippen LogP contribution is 2.37. The molecular weight excluding hydrogens is 126 g/mol. The Labute approximate surface area is 62.4 Å². The average molecular weight is 143 g/mol. The van der Waals surface area contributed by atoms with Crippen LogP contribution in [0.1, 0.15) is 32.6 Å². The molecule has 0 radical (unpaired) electrons. The molecule has 0 bridgehead atoms. The molecule has 0 aromatic heterocycles. The van der Waals surface area contributed by atoms with Crippen LogP contribution in [0.3, 0.4) is 0 Å². The molecule has 0 aromatic carbocycles. The first-order valence-corrected chi connectivity index (χ1v) is 4.12. The molecule has 0 amide bonds. The summed E-state index contributed by atoms with van der Waals surface area (Å²) in [4.78, 5) is 0. The van der Waals surface area contributed by atoms with Crippen molar-refractivity contribution in [2.75, 3.05) is 6.54 Å². The monoisotopic (exact) mass is 143 g/mol. The lowest BCUT2D eigenvalue weighted by atomic mass is 9.94. The molecule has 0 spiro atoms. The van der Waals surface area contributed by atoms with Crippen molar-refractivity contribution in [1.29, 1.82) is 0 Å². The van der Waals surface area contributed by atoms with Gasteiger partial charge in [0.2, 0.25) is 0 Å². The first-order chi connectivity index (χ1) is 4.70. The molecule has 0 saturated heterocycles. The number of hydrogen-bond acceptors (Lipinski definition) is 2. The number of rotatable bonds is 4.